The van der Waals surface area contributed by atoms with Crippen molar-refractivity contribution in [2.75, 3.05) is 4.90 Å². The van der Waals surface area contributed by atoms with Crippen LogP contribution in [0.1, 0.15) is 33.1 Å². The average molecular weight is 514 g/mol. The van der Waals surface area contributed by atoms with Crippen LogP contribution < -0.4 is 4.90 Å². The molecule has 3 aliphatic heterocycles. The van der Waals surface area contributed by atoms with Gasteiger partial charge in [0.25, 0.3) is 5.69 Å². The maximum atomic E-state index is 14.0. The first-order valence-electron chi connectivity index (χ1n) is 11.7. The molecule has 37 heavy (non-hydrogen) atoms. The third-order valence-electron chi connectivity index (χ3n) is 7.50. The van der Waals surface area contributed by atoms with Crippen LogP contribution in [0.2, 0.25) is 5.02 Å². The molecule has 3 aromatic rings. The van der Waals surface area contributed by atoms with Crippen molar-refractivity contribution in [2.24, 2.45) is 11.8 Å². The van der Waals surface area contributed by atoms with Crippen molar-refractivity contribution in [2.45, 2.75) is 19.0 Å². The number of non-ortho nitro benzene ring substituents is 1. The van der Waals surface area contributed by atoms with E-state index >= 15 is 0 Å². The molecule has 0 aliphatic carbocycles. The van der Waals surface area contributed by atoms with Crippen LogP contribution in [0.15, 0.2) is 72.9 Å². The molecule has 3 aliphatic rings. The van der Waals surface area contributed by atoms with Crippen molar-refractivity contribution in [3.05, 3.63) is 110 Å². The van der Waals surface area contributed by atoms with Gasteiger partial charge in [-0.1, -0.05) is 41.9 Å². The van der Waals surface area contributed by atoms with Gasteiger partial charge in [-0.15, -0.1) is 0 Å². The molecule has 0 radical (unpaired) electrons. The molecule has 0 saturated carbocycles. The van der Waals surface area contributed by atoms with Crippen molar-refractivity contribution in [3.8, 4) is 0 Å². The summed E-state index contributed by atoms with van der Waals surface area (Å²) in [5.74, 6) is -3.10. The summed E-state index contributed by atoms with van der Waals surface area (Å²) in [7, 11) is 0. The molecule has 6 rings (SSSR count). The number of carbonyl (C=O) groups excluding carboxylic acids is 3. The van der Waals surface area contributed by atoms with Crippen molar-refractivity contribution in [3.63, 3.8) is 0 Å². The second-order valence-electron chi connectivity index (χ2n) is 9.44. The van der Waals surface area contributed by atoms with Gasteiger partial charge in [-0.3, -0.25) is 24.5 Å². The van der Waals surface area contributed by atoms with Gasteiger partial charge in [0.15, 0.2) is 5.78 Å². The summed E-state index contributed by atoms with van der Waals surface area (Å²) in [6, 6.07) is 16.7. The van der Waals surface area contributed by atoms with E-state index in [1.165, 1.54) is 18.2 Å². The number of rotatable bonds is 4. The van der Waals surface area contributed by atoms with Crippen molar-refractivity contribution >= 4 is 46.6 Å². The maximum Gasteiger partial charge on any atom is 0.271 e. The molecule has 2 fully saturated rings. The fourth-order valence-corrected chi connectivity index (χ4v) is 5.96. The molecule has 4 atom stereocenters. The van der Waals surface area contributed by atoms with Crippen LogP contribution in [0.4, 0.5) is 11.4 Å². The third-order valence-corrected chi connectivity index (χ3v) is 7.76. The Morgan fingerprint density at radius 2 is 1.68 bits per heavy atom. The number of nitro groups is 1. The highest BCUT2D eigenvalue weighted by molar-refractivity contribution is 6.30. The number of imide groups is 1. The quantitative estimate of drug-likeness (QED) is 0.212. The van der Waals surface area contributed by atoms with Gasteiger partial charge in [0, 0.05) is 28.9 Å². The number of hydrogen-bond acceptors (Lipinski definition) is 6. The Labute approximate surface area is 216 Å². The fourth-order valence-electron chi connectivity index (χ4n) is 5.83. The van der Waals surface area contributed by atoms with Gasteiger partial charge in [-0.2, -0.15) is 0 Å². The summed E-state index contributed by atoms with van der Waals surface area (Å²) in [6.07, 6.45) is 3.67. The van der Waals surface area contributed by atoms with Gasteiger partial charge < -0.3 is 4.90 Å². The molecule has 2 amide bonds. The van der Waals surface area contributed by atoms with Gasteiger partial charge >= 0.3 is 0 Å². The van der Waals surface area contributed by atoms with Gasteiger partial charge in [-0.05, 0) is 54.0 Å². The standard InChI is InChI=1S/C28H20ClN3O5/c1-15-6-11-19(32(36)37)14-21(15)31-27(34)22-23(28(31)35)25(26(33)17-7-9-18(29)10-8-17)30-13-12-16-4-2-3-5-20(16)24(22)30/h2-14,22-25H,1H3. The second kappa shape index (κ2) is 8.38. The lowest BCUT2D eigenvalue weighted by atomic mass is 9.83. The molecule has 9 heteroatoms. The number of ketones is 1. The predicted octanol–water partition coefficient (Wildman–Crippen LogP) is 4.95. The van der Waals surface area contributed by atoms with E-state index in [-0.39, 0.29) is 17.2 Å². The number of nitro benzene ring substituents is 1. The summed E-state index contributed by atoms with van der Waals surface area (Å²) in [6.45, 7) is 1.69. The van der Waals surface area contributed by atoms with E-state index < -0.39 is 40.7 Å². The number of aryl methyl sites for hydroxylation is 1. The Kier molecular flexibility index (Phi) is 5.24. The number of hydrogen-bond donors (Lipinski definition) is 0. The molecule has 0 aromatic heterocycles. The molecule has 0 spiro atoms. The van der Waals surface area contributed by atoms with E-state index in [1.54, 1.807) is 37.4 Å². The van der Waals surface area contributed by atoms with Crippen LogP contribution in [-0.2, 0) is 9.59 Å². The highest BCUT2D eigenvalue weighted by Crippen LogP contribution is 2.54. The zero-order valence-electron chi connectivity index (χ0n) is 19.6. The van der Waals surface area contributed by atoms with E-state index in [0.717, 1.165) is 16.0 Å². The first kappa shape index (κ1) is 23.1. The Morgan fingerprint density at radius 3 is 2.41 bits per heavy atom. The van der Waals surface area contributed by atoms with Crippen molar-refractivity contribution in [1.29, 1.82) is 0 Å². The van der Waals surface area contributed by atoms with Crippen molar-refractivity contribution < 1.29 is 19.3 Å². The minimum absolute atomic E-state index is 0.169. The SMILES string of the molecule is Cc1ccc([N+](=O)[O-])cc1N1C(=O)C2C(C1=O)C1c3ccccc3C=CN1C2C(=O)c1ccc(Cl)cc1. The average Bonchev–Trinajstić information content (AvgIpc) is 3.37. The molecule has 3 heterocycles. The van der Waals surface area contributed by atoms with E-state index in [1.807, 2.05) is 35.2 Å². The first-order chi connectivity index (χ1) is 17.8. The summed E-state index contributed by atoms with van der Waals surface area (Å²) >= 11 is 6.02. The van der Waals surface area contributed by atoms with Crippen LogP contribution in [0.3, 0.4) is 0 Å². The summed E-state index contributed by atoms with van der Waals surface area (Å²) in [4.78, 5) is 55.6. The molecular weight excluding hydrogens is 494 g/mol. The summed E-state index contributed by atoms with van der Waals surface area (Å²) in [5.41, 5.74) is 2.64. The Balaban J connectivity index is 1.51. The van der Waals surface area contributed by atoms with Crippen LogP contribution in [-0.4, -0.2) is 33.5 Å². The topological polar surface area (TPSA) is 101 Å². The minimum Gasteiger partial charge on any atom is -0.358 e. The van der Waals surface area contributed by atoms with Crippen LogP contribution in [0.5, 0.6) is 0 Å². The Morgan fingerprint density at radius 1 is 0.973 bits per heavy atom. The number of nitrogens with zero attached hydrogens (tertiary/aromatic N) is 3. The zero-order chi connectivity index (χ0) is 26.0. The third kappa shape index (κ3) is 3.40. The summed E-state index contributed by atoms with van der Waals surface area (Å²) in [5, 5.41) is 11.9. The Bertz CT molecular complexity index is 1530. The normalized spacial score (nSPS) is 23.6. The zero-order valence-corrected chi connectivity index (χ0v) is 20.3. The van der Waals surface area contributed by atoms with Crippen LogP contribution >= 0.6 is 11.6 Å². The lowest BCUT2D eigenvalue weighted by molar-refractivity contribution is -0.384. The van der Waals surface area contributed by atoms with E-state index in [0.29, 0.717) is 16.1 Å². The second-order valence-corrected chi connectivity index (χ2v) is 9.88. The molecule has 0 N–H and O–H groups in total. The number of Topliss-reactive ketones (excluding diaryl/α,β-unsaturated/α-hetero) is 1. The number of amides is 2. The number of benzene rings is 3. The Hall–Kier alpha value is -4.30. The number of fused-ring (bicyclic) bond motifs is 5. The molecule has 2 saturated heterocycles. The van der Waals surface area contributed by atoms with E-state index in [9.17, 15) is 24.5 Å². The number of carbonyl (C=O) groups is 3. The highest BCUT2D eigenvalue weighted by Gasteiger charge is 2.64. The van der Waals surface area contributed by atoms with Gasteiger partial charge in [0.2, 0.25) is 11.8 Å². The summed E-state index contributed by atoms with van der Waals surface area (Å²) < 4.78 is 0. The monoisotopic (exact) mass is 513 g/mol. The van der Waals surface area contributed by atoms with E-state index in [4.69, 9.17) is 11.6 Å². The van der Waals surface area contributed by atoms with Gasteiger partial charge in [0.05, 0.1) is 28.5 Å². The maximum absolute atomic E-state index is 14.0. The molecule has 8 nitrogen and oxygen atoms in total. The van der Waals surface area contributed by atoms with Gasteiger partial charge in [0.1, 0.15) is 6.04 Å². The molecule has 184 valence electrons. The predicted molar refractivity (Wildman–Crippen MR) is 137 cm³/mol. The lowest BCUT2D eigenvalue weighted by Crippen LogP contribution is -2.44. The minimum atomic E-state index is -0.963. The number of halogens is 1. The van der Waals surface area contributed by atoms with Crippen LogP contribution in [0, 0.1) is 28.9 Å². The first-order valence-corrected chi connectivity index (χ1v) is 12.1. The van der Waals surface area contributed by atoms with Crippen molar-refractivity contribution in [1.82, 2.24) is 4.90 Å². The molecule has 3 aromatic carbocycles. The molecule has 0 bridgehead atoms. The van der Waals surface area contributed by atoms with E-state index in [2.05, 4.69) is 0 Å². The lowest BCUT2D eigenvalue weighted by Gasteiger charge is -2.35. The molecule has 4 unspecified atom stereocenters. The largest absolute Gasteiger partial charge is 0.358 e. The smallest absolute Gasteiger partial charge is 0.271 e. The highest BCUT2D eigenvalue weighted by atomic mass is 35.5. The number of anilines is 1. The van der Waals surface area contributed by atoms with Gasteiger partial charge in [-0.25, -0.2) is 4.90 Å². The molecular formula is C28H20ClN3O5. The fraction of sp³-hybridized carbons (Fsp3) is 0.179. The van der Waals surface area contributed by atoms with Crippen LogP contribution in [0.25, 0.3) is 6.08 Å².